The van der Waals surface area contributed by atoms with Crippen LogP contribution in [0.1, 0.15) is 11.4 Å². The van der Waals surface area contributed by atoms with Gasteiger partial charge in [-0.15, -0.1) is 0 Å². The van der Waals surface area contributed by atoms with Gasteiger partial charge >= 0.3 is 0 Å². The number of nitrogens with zero attached hydrogens (tertiary/aromatic N) is 1. The largest absolute Gasteiger partial charge is 0.496 e. The molecule has 3 heteroatoms. The Kier molecular flexibility index (Phi) is 2.65. The molecule has 0 radical (unpaired) electrons. The van der Waals surface area contributed by atoms with Crippen LogP contribution in [0.2, 0.25) is 0 Å². The van der Waals surface area contributed by atoms with Crippen molar-refractivity contribution in [1.29, 1.82) is 0 Å². The normalized spacial score (nSPS) is 10.7. The first-order valence-electron chi connectivity index (χ1n) is 4.74. The second-order valence-corrected chi connectivity index (χ2v) is 4.32. The molecule has 0 spiro atoms. The fraction of sp³-hybridized carbons (Fsp3) is 0.250. The van der Waals surface area contributed by atoms with Gasteiger partial charge in [0.1, 0.15) is 5.75 Å². The van der Waals surface area contributed by atoms with Crippen LogP contribution in [0.3, 0.4) is 0 Å². The molecular weight excluding hydrogens is 254 g/mol. The molecule has 0 saturated heterocycles. The summed E-state index contributed by atoms with van der Waals surface area (Å²) in [6.45, 7) is 4.02. The van der Waals surface area contributed by atoms with Gasteiger partial charge in [0.05, 0.1) is 11.6 Å². The van der Waals surface area contributed by atoms with Crippen LogP contribution in [0.25, 0.3) is 10.8 Å². The molecule has 2 rings (SSSR count). The smallest absolute Gasteiger partial charge is 0.133 e. The highest BCUT2D eigenvalue weighted by Crippen LogP contribution is 2.34. The lowest BCUT2D eigenvalue weighted by molar-refractivity contribution is 0.413. The van der Waals surface area contributed by atoms with Crippen molar-refractivity contribution in [2.45, 2.75) is 13.8 Å². The van der Waals surface area contributed by atoms with Crippen molar-refractivity contribution in [2.24, 2.45) is 0 Å². The van der Waals surface area contributed by atoms with Gasteiger partial charge in [-0.2, -0.15) is 0 Å². The Bertz CT molecular complexity index is 523. The maximum atomic E-state index is 5.27. The van der Waals surface area contributed by atoms with Crippen LogP contribution < -0.4 is 4.74 Å². The standard InChI is InChI=1S/C12H12BrNO/c1-7-6-10-9(8(2)14-7)4-5-11(15-3)12(10)13/h4-6H,1-3H3. The van der Waals surface area contributed by atoms with Gasteiger partial charge in [-0.1, -0.05) is 0 Å². The Hall–Kier alpha value is -1.09. The number of methoxy groups -OCH3 is 1. The highest BCUT2D eigenvalue weighted by Gasteiger charge is 2.08. The Balaban J connectivity index is 2.86. The maximum Gasteiger partial charge on any atom is 0.133 e. The van der Waals surface area contributed by atoms with Gasteiger partial charge in [0.2, 0.25) is 0 Å². The maximum absolute atomic E-state index is 5.27. The zero-order chi connectivity index (χ0) is 11.0. The second kappa shape index (κ2) is 3.81. The van der Waals surface area contributed by atoms with E-state index in [1.165, 1.54) is 0 Å². The Morgan fingerprint density at radius 1 is 1.20 bits per heavy atom. The highest BCUT2D eigenvalue weighted by atomic mass is 79.9. The monoisotopic (exact) mass is 265 g/mol. The molecule has 0 N–H and O–H groups in total. The minimum atomic E-state index is 0.854. The van der Waals surface area contributed by atoms with Gasteiger partial charge in [-0.05, 0) is 48.0 Å². The van der Waals surface area contributed by atoms with E-state index in [-0.39, 0.29) is 0 Å². The number of fused-ring (bicyclic) bond motifs is 1. The van der Waals surface area contributed by atoms with Gasteiger partial charge < -0.3 is 4.74 Å². The van der Waals surface area contributed by atoms with Crippen molar-refractivity contribution >= 4 is 26.7 Å². The van der Waals surface area contributed by atoms with Crippen molar-refractivity contribution in [3.05, 3.63) is 34.1 Å². The number of aromatic nitrogens is 1. The number of rotatable bonds is 1. The van der Waals surface area contributed by atoms with Crippen molar-refractivity contribution in [1.82, 2.24) is 4.98 Å². The molecule has 0 aliphatic rings. The first-order valence-corrected chi connectivity index (χ1v) is 5.53. The molecule has 78 valence electrons. The summed E-state index contributed by atoms with van der Waals surface area (Å²) in [6, 6.07) is 6.06. The van der Waals surface area contributed by atoms with Crippen LogP contribution in [-0.4, -0.2) is 12.1 Å². The molecule has 0 unspecified atom stereocenters. The van der Waals surface area contributed by atoms with Gasteiger partial charge in [0.25, 0.3) is 0 Å². The predicted molar refractivity (Wildman–Crippen MR) is 65.5 cm³/mol. The van der Waals surface area contributed by atoms with Crippen molar-refractivity contribution in [2.75, 3.05) is 7.11 Å². The minimum Gasteiger partial charge on any atom is -0.496 e. The molecule has 0 aliphatic heterocycles. The van der Waals surface area contributed by atoms with E-state index in [0.717, 1.165) is 32.4 Å². The van der Waals surface area contributed by atoms with Crippen LogP contribution in [0.5, 0.6) is 5.75 Å². The number of hydrogen-bond acceptors (Lipinski definition) is 2. The molecule has 2 aromatic rings. The number of benzene rings is 1. The lowest BCUT2D eigenvalue weighted by Crippen LogP contribution is -1.91. The molecule has 1 aromatic carbocycles. The summed E-state index contributed by atoms with van der Waals surface area (Å²) in [6.07, 6.45) is 0. The number of aryl methyl sites for hydroxylation is 2. The molecule has 0 bridgehead atoms. The van der Waals surface area contributed by atoms with E-state index in [2.05, 4.69) is 27.0 Å². The molecule has 0 amide bonds. The number of halogens is 1. The van der Waals surface area contributed by atoms with Gasteiger partial charge in [-0.25, -0.2) is 0 Å². The molecule has 2 nitrogen and oxygen atoms in total. The Morgan fingerprint density at radius 2 is 1.93 bits per heavy atom. The van der Waals surface area contributed by atoms with Crippen LogP contribution in [0, 0.1) is 13.8 Å². The Labute approximate surface area is 97.4 Å². The summed E-state index contributed by atoms with van der Waals surface area (Å²) in [4.78, 5) is 4.44. The summed E-state index contributed by atoms with van der Waals surface area (Å²) in [5.74, 6) is 0.854. The summed E-state index contributed by atoms with van der Waals surface area (Å²) in [5.41, 5.74) is 2.07. The van der Waals surface area contributed by atoms with Crippen LogP contribution in [0.15, 0.2) is 22.7 Å². The van der Waals surface area contributed by atoms with Crippen molar-refractivity contribution in [3.8, 4) is 5.75 Å². The van der Waals surface area contributed by atoms with Gasteiger partial charge in [-0.3, -0.25) is 4.98 Å². The zero-order valence-corrected chi connectivity index (χ0v) is 10.6. The van der Waals surface area contributed by atoms with Crippen molar-refractivity contribution in [3.63, 3.8) is 0 Å². The molecule has 0 aliphatic carbocycles. The van der Waals surface area contributed by atoms with E-state index in [1.54, 1.807) is 7.11 Å². The van der Waals surface area contributed by atoms with Crippen LogP contribution in [-0.2, 0) is 0 Å². The number of hydrogen-bond donors (Lipinski definition) is 0. The van der Waals surface area contributed by atoms with Crippen LogP contribution in [0.4, 0.5) is 0 Å². The van der Waals surface area contributed by atoms with E-state index in [0.29, 0.717) is 0 Å². The van der Waals surface area contributed by atoms with E-state index in [1.807, 2.05) is 26.0 Å². The summed E-state index contributed by atoms with van der Waals surface area (Å²) >= 11 is 3.56. The predicted octanol–water partition coefficient (Wildman–Crippen LogP) is 3.62. The minimum absolute atomic E-state index is 0.854. The highest BCUT2D eigenvalue weighted by molar-refractivity contribution is 9.10. The second-order valence-electron chi connectivity index (χ2n) is 3.53. The third-order valence-electron chi connectivity index (χ3n) is 2.45. The zero-order valence-electron chi connectivity index (χ0n) is 8.97. The number of pyridine rings is 1. The third kappa shape index (κ3) is 1.72. The first kappa shape index (κ1) is 10.4. The average Bonchev–Trinajstić information content (AvgIpc) is 2.19. The molecular formula is C12H12BrNO. The SMILES string of the molecule is COc1ccc2c(C)nc(C)cc2c1Br. The van der Waals surface area contributed by atoms with Gasteiger partial charge in [0, 0.05) is 22.2 Å². The average molecular weight is 266 g/mol. The fourth-order valence-electron chi connectivity index (χ4n) is 1.75. The topological polar surface area (TPSA) is 22.1 Å². The molecule has 0 atom stereocenters. The van der Waals surface area contributed by atoms with E-state index < -0.39 is 0 Å². The summed E-state index contributed by atoms with van der Waals surface area (Å²) in [7, 11) is 1.67. The molecule has 0 saturated carbocycles. The molecule has 15 heavy (non-hydrogen) atoms. The van der Waals surface area contributed by atoms with E-state index >= 15 is 0 Å². The van der Waals surface area contributed by atoms with Gasteiger partial charge in [0.15, 0.2) is 0 Å². The molecule has 1 aromatic heterocycles. The first-order chi connectivity index (χ1) is 7.13. The van der Waals surface area contributed by atoms with Crippen molar-refractivity contribution < 1.29 is 4.74 Å². The quantitative estimate of drug-likeness (QED) is 0.786. The Morgan fingerprint density at radius 3 is 2.60 bits per heavy atom. The lowest BCUT2D eigenvalue weighted by atomic mass is 10.1. The number of ether oxygens (including phenoxy) is 1. The molecule has 0 fully saturated rings. The van der Waals surface area contributed by atoms with E-state index in [4.69, 9.17) is 4.74 Å². The summed E-state index contributed by atoms with van der Waals surface area (Å²) in [5, 5.41) is 2.31. The fourth-order valence-corrected chi connectivity index (χ4v) is 2.38. The van der Waals surface area contributed by atoms with Crippen LogP contribution >= 0.6 is 15.9 Å². The van der Waals surface area contributed by atoms with E-state index in [9.17, 15) is 0 Å². The molecule has 1 heterocycles. The third-order valence-corrected chi connectivity index (χ3v) is 3.27. The lowest BCUT2D eigenvalue weighted by Gasteiger charge is -2.09. The summed E-state index contributed by atoms with van der Waals surface area (Å²) < 4.78 is 6.26.